The number of carbonyl (C=O) groups excluding carboxylic acids is 1. The summed E-state index contributed by atoms with van der Waals surface area (Å²) < 4.78 is 5.57. The number of primary amides is 1. The van der Waals surface area contributed by atoms with Crippen LogP contribution in [-0.4, -0.2) is 68.4 Å². The van der Waals surface area contributed by atoms with Gasteiger partial charge in [-0.3, -0.25) is 14.6 Å². The molecule has 0 aliphatic carbocycles. The van der Waals surface area contributed by atoms with E-state index in [0.717, 1.165) is 62.4 Å². The fourth-order valence-corrected chi connectivity index (χ4v) is 5.23. The minimum Gasteiger partial charge on any atom is -0.496 e. The molecular formula is C29H32Cl2N4O4. The Hall–Kier alpha value is -3.46. The Morgan fingerprint density at radius 2 is 1.74 bits per heavy atom. The van der Waals surface area contributed by atoms with E-state index in [4.69, 9.17) is 33.7 Å². The van der Waals surface area contributed by atoms with Gasteiger partial charge in [0.2, 0.25) is 5.91 Å². The topological polar surface area (TPSA) is 99.3 Å². The van der Waals surface area contributed by atoms with Gasteiger partial charge in [-0.1, -0.05) is 41.4 Å². The first-order valence-corrected chi connectivity index (χ1v) is 13.5. The standard InChI is InChI=1S/C29H32Cl2N4O4/c1-39-26-19-22(10-11-23(26)20-6-4-7-21(18-20)28(32)36)35(29(37)38)13-3-2-12-33-14-16-34(17-15-33)25-9-5-8-24(30)27(25)31/h4-11,18-19H,2-3,12-17H2,1H3,(H2,32,36)(H,37,38). The van der Waals surface area contributed by atoms with Gasteiger partial charge in [-0.05, 0) is 61.3 Å². The average Bonchev–Trinajstić information content (AvgIpc) is 2.94. The smallest absolute Gasteiger partial charge is 0.411 e. The summed E-state index contributed by atoms with van der Waals surface area (Å²) in [7, 11) is 1.53. The number of unbranched alkanes of at least 4 members (excludes halogenated alkanes) is 1. The van der Waals surface area contributed by atoms with E-state index in [1.807, 2.05) is 18.2 Å². The molecule has 206 valence electrons. The minimum absolute atomic E-state index is 0.368. The van der Waals surface area contributed by atoms with Crippen molar-refractivity contribution in [2.24, 2.45) is 5.73 Å². The highest BCUT2D eigenvalue weighted by molar-refractivity contribution is 6.43. The summed E-state index contributed by atoms with van der Waals surface area (Å²) in [6, 6.07) is 17.9. The summed E-state index contributed by atoms with van der Waals surface area (Å²) in [5, 5.41) is 11.0. The number of nitrogens with two attached hydrogens (primary N) is 1. The SMILES string of the molecule is COc1cc(N(CCCCN2CCN(c3cccc(Cl)c3Cl)CC2)C(=O)O)ccc1-c1cccc(C(N)=O)c1. The lowest BCUT2D eigenvalue weighted by Crippen LogP contribution is -2.46. The third-order valence-corrected chi connectivity index (χ3v) is 7.74. The molecule has 1 fully saturated rings. The number of halogens is 2. The normalized spacial score (nSPS) is 13.8. The largest absolute Gasteiger partial charge is 0.496 e. The molecule has 3 N–H and O–H groups in total. The number of anilines is 2. The number of rotatable bonds is 10. The van der Waals surface area contributed by atoms with Crippen molar-refractivity contribution in [2.45, 2.75) is 12.8 Å². The third kappa shape index (κ3) is 6.95. The van der Waals surface area contributed by atoms with Crippen molar-refractivity contribution in [1.29, 1.82) is 0 Å². The van der Waals surface area contributed by atoms with Crippen LogP contribution in [0.1, 0.15) is 23.2 Å². The van der Waals surface area contributed by atoms with E-state index < -0.39 is 12.0 Å². The van der Waals surface area contributed by atoms with Crippen LogP contribution in [0.15, 0.2) is 60.7 Å². The van der Waals surface area contributed by atoms with Crippen LogP contribution in [-0.2, 0) is 0 Å². The van der Waals surface area contributed by atoms with Crippen LogP contribution in [0.25, 0.3) is 11.1 Å². The lowest BCUT2D eigenvalue weighted by atomic mass is 10.0. The van der Waals surface area contributed by atoms with Gasteiger partial charge in [-0.15, -0.1) is 0 Å². The molecule has 0 saturated carbocycles. The average molecular weight is 572 g/mol. The van der Waals surface area contributed by atoms with Crippen LogP contribution in [0, 0.1) is 0 Å². The third-order valence-electron chi connectivity index (χ3n) is 6.94. The lowest BCUT2D eigenvalue weighted by molar-refractivity contribution is 0.1000. The summed E-state index contributed by atoms with van der Waals surface area (Å²) in [4.78, 5) is 29.6. The number of hydrogen-bond acceptors (Lipinski definition) is 5. The number of amides is 2. The van der Waals surface area contributed by atoms with Crippen molar-refractivity contribution in [2.75, 3.05) is 56.2 Å². The quantitative estimate of drug-likeness (QED) is 0.296. The second-order valence-corrected chi connectivity index (χ2v) is 10.2. The fourth-order valence-electron chi connectivity index (χ4n) is 4.82. The van der Waals surface area contributed by atoms with Crippen molar-refractivity contribution in [3.05, 3.63) is 76.3 Å². The highest BCUT2D eigenvalue weighted by Crippen LogP contribution is 2.35. The number of nitrogens with zero attached hydrogens (tertiary/aromatic N) is 3. The maximum Gasteiger partial charge on any atom is 0.411 e. The van der Waals surface area contributed by atoms with Gasteiger partial charge in [0.15, 0.2) is 0 Å². The Morgan fingerprint density at radius 1 is 1.00 bits per heavy atom. The van der Waals surface area contributed by atoms with Gasteiger partial charge in [0.05, 0.1) is 28.5 Å². The van der Waals surface area contributed by atoms with E-state index in [9.17, 15) is 14.7 Å². The maximum atomic E-state index is 12.1. The molecule has 0 atom stereocenters. The van der Waals surface area contributed by atoms with Gasteiger partial charge in [0, 0.05) is 49.9 Å². The van der Waals surface area contributed by atoms with E-state index in [1.54, 1.807) is 42.5 Å². The second kappa shape index (κ2) is 13.1. The number of benzene rings is 3. The molecule has 0 aromatic heterocycles. The first-order chi connectivity index (χ1) is 18.8. The molecule has 0 spiro atoms. The summed E-state index contributed by atoms with van der Waals surface area (Å²) >= 11 is 12.6. The Bertz CT molecular complexity index is 1330. The number of methoxy groups -OCH3 is 1. The van der Waals surface area contributed by atoms with Crippen LogP contribution in [0.3, 0.4) is 0 Å². The van der Waals surface area contributed by atoms with Gasteiger partial charge < -0.3 is 20.5 Å². The predicted octanol–water partition coefficient (Wildman–Crippen LogP) is 5.85. The highest BCUT2D eigenvalue weighted by Gasteiger charge is 2.21. The summed E-state index contributed by atoms with van der Waals surface area (Å²) in [6.07, 6.45) is 0.571. The molecule has 1 heterocycles. The van der Waals surface area contributed by atoms with E-state index in [-0.39, 0.29) is 0 Å². The van der Waals surface area contributed by atoms with Crippen molar-refractivity contribution in [3.63, 3.8) is 0 Å². The summed E-state index contributed by atoms with van der Waals surface area (Å²) in [5.41, 5.74) is 8.80. The second-order valence-electron chi connectivity index (χ2n) is 9.37. The van der Waals surface area contributed by atoms with E-state index in [2.05, 4.69) is 9.80 Å². The molecule has 8 nitrogen and oxygen atoms in total. The molecule has 3 aromatic carbocycles. The zero-order valence-electron chi connectivity index (χ0n) is 21.8. The Morgan fingerprint density at radius 3 is 2.44 bits per heavy atom. The Balaban J connectivity index is 1.33. The van der Waals surface area contributed by atoms with E-state index >= 15 is 0 Å². The van der Waals surface area contributed by atoms with Crippen molar-refractivity contribution >= 4 is 46.6 Å². The number of ether oxygens (including phenoxy) is 1. The van der Waals surface area contributed by atoms with Crippen molar-refractivity contribution < 1.29 is 19.4 Å². The number of hydrogen-bond donors (Lipinski definition) is 2. The maximum absolute atomic E-state index is 12.1. The van der Waals surface area contributed by atoms with Crippen LogP contribution in [0.5, 0.6) is 5.75 Å². The molecule has 3 aromatic rings. The summed E-state index contributed by atoms with van der Waals surface area (Å²) in [5.74, 6) is -0.00470. The molecular weight excluding hydrogens is 539 g/mol. The van der Waals surface area contributed by atoms with Crippen LogP contribution in [0.2, 0.25) is 10.0 Å². The first kappa shape index (κ1) is 28.5. The molecule has 1 aliphatic rings. The van der Waals surface area contributed by atoms with Gasteiger partial charge in [-0.25, -0.2) is 4.79 Å². The number of carboxylic acid groups (broad SMARTS) is 1. The van der Waals surface area contributed by atoms with Crippen LogP contribution in [0.4, 0.5) is 16.2 Å². The zero-order valence-corrected chi connectivity index (χ0v) is 23.3. The molecule has 4 rings (SSSR count). The monoisotopic (exact) mass is 570 g/mol. The lowest BCUT2D eigenvalue weighted by Gasteiger charge is -2.36. The molecule has 10 heteroatoms. The van der Waals surface area contributed by atoms with E-state index in [1.165, 1.54) is 12.0 Å². The van der Waals surface area contributed by atoms with Crippen molar-refractivity contribution in [1.82, 2.24) is 4.90 Å². The molecule has 1 aliphatic heterocycles. The molecule has 39 heavy (non-hydrogen) atoms. The molecule has 2 amide bonds. The van der Waals surface area contributed by atoms with Gasteiger partial charge in [0.1, 0.15) is 5.75 Å². The Labute approximate surface area is 238 Å². The van der Waals surface area contributed by atoms with E-state index in [0.29, 0.717) is 33.6 Å². The highest BCUT2D eigenvalue weighted by atomic mass is 35.5. The van der Waals surface area contributed by atoms with Crippen molar-refractivity contribution in [3.8, 4) is 16.9 Å². The van der Waals surface area contributed by atoms with Crippen LogP contribution < -0.4 is 20.3 Å². The van der Waals surface area contributed by atoms with Crippen LogP contribution >= 0.6 is 23.2 Å². The zero-order chi connectivity index (χ0) is 27.9. The molecule has 1 saturated heterocycles. The van der Waals surface area contributed by atoms with Gasteiger partial charge >= 0.3 is 6.09 Å². The summed E-state index contributed by atoms with van der Waals surface area (Å²) in [6.45, 7) is 4.78. The minimum atomic E-state index is -1.02. The first-order valence-electron chi connectivity index (χ1n) is 12.8. The predicted molar refractivity (Wildman–Crippen MR) is 157 cm³/mol. The Kier molecular flexibility index (Phi) is 9.56. The molecule has 0 unspecified atom stereocenters. The molecule has 0 radical (unpaired) electrons. The fraction of sp³-hybridized carbons (Fsp3) is 0.310. The molecule has 0 bridgehead atoms. The van der Waals surface area contributed by atoms with Gasteiger partial charge in [0.25, 0.3) is 0 Å². The number of piperazine rings is 1. The van der Waals surface area contributed by atoms with Gasteiger partial charge in [-0.2, -0.15) is 0 Å². The number of carbonyl (C=O) groups is 2.